The molecule has 2 aromatic carbocycles. The van der Waals surface area contributed by atoms with Crippen LogP contribution in [0.25, 0.3) is 0 Å². The molecule has 0 fully saturated rings. The van der Waals surface area contributed by atoms with Gasteiger partial charge in [0, 0.05) is 25.8 Å². The number of methoxy groups -OCH3 is 1. The molecule has 0 saturated carbocycles. The van der Waals surface area contributed by atoms with Crippen molar-refractivity contribution in [3.05, 3.63) is 59.9 Å². The van der Waals surface area contributed by atoms with Crippen molar-refractivity contribution in [2.24, 2.45) is 0 Å². The minimum Gasteiger partial charge on any atom is -0.484 e. The summed E-state index contributed by atoms with van der Waals surface area (Å²) in [5, 5.41) is 2.70. The van der Waals surface area contributed by atoms with E-state index in [4.69, 9.17) is 9.47 Å². The van der Waals surface area contributed by atoms with E-state index in [2.05, 4.69) is 5.32 Å². The molecule has 0 aliphatic rings. The molecule has 0 bridgehead atoms. The fourth-order valence-electron chi connectivity index (χ4n) is 2.53. The van der Waals surface area contributed by atoms with E-state index >= 15 is 0 Å². The summed E-state index contributed by atoms with van der Waals surface area (Å²) in [5.74, 6) is -0.319. The molecule has 0 radical (unpaired) electrons. The first-order chi connectivity index (χ1) is 13.8. The fraction of sp³-hybridized carbons (Fsp3) is 0.350. The molecular formula is C20H25FN2O5S. The lowest BCUT2D eigenvalue weighted by atomic mass is 10.2. The van der Waals surface area contributed by atoms with Crippen LogP contribution in [0, 0.1) is 5.82 Å². The highest BCUT2D eigenvalue weighted by Gasteiger charge is 2.19. The maximum Gasteiger partial charge on any atom is 0.257 e. The SMILES string of the molecule is COCCCNC(=O)COc1ccc(N(Cc2ccccc2F)S(C)(=O)=O)cc1. The van der Waals surface area contributed by atoms with Crippen molar-refractivity contribution in [2.75, 3.05) is 37.4 Å². The number of rotatable bonds is 11. The van der Waals surface area contributed by atoms with Crippen molar-refractivity contribution in [2.45, 2.75) is 13.0 Å². The van der Waals surface area contributed by atoms with Gasteiger partial charge in [-0.15, -0.1) is 0 Å². The third kappa shape index (κ3) is 7.35. The zero-order chi connectivity index (χ0) is 21.3. The molecule has 2 rings (SSSR count). The predicted molar refractivity (Wildman–Crippen MR) is 109 cm³/mol. The lowest BCUT2D eigenvalue weighted by Gasteiger charge is -2.23. The van der Waals surface area contributed by atoms with E-state index in [0.717, 1.165) is 10.6 Å². The van der Waals surface area contributed by atoms with Crippen molar-refractivity contribution < 1.29 is 27.1 Å². The van der Waals surface area contributed by atoms with Crippen LogP contribution in [-0.4, -0.2) is 47.4 Å². The van der Waals surface area contributed by atoms with E-state index < -0.39 is 15.8 Å². The molecule has 0 aromatic heterocycles. The lowest BCUT2D eigenvalue weighted by Crippen LogP contribution is -2.30. The molecular weight excluding hydrogens is 399 g/mol. The van der Waals surface area contributed by atoms with Crippen LogP contribution in [0.4, 0.5) is 10.1 Å². The quantitative estimate of drug-likeness (QED) is 0.560. The molecule has 0 aliphatic carbocycles. The molecule has 158 valence electrons. The summed E-state index contributed by atoms with van der Waals surface area (Å²) in [5.41, 5.74) is 0.635. The number of hydrogen-bond acceptors (Lipinski definition) is 5. The number of sulfonamides is 1. The highest BCUT2D eigenvalue weighted by atomic mass is 32.2. The molecule has 0 atom stereocenters. The first-order valence-electron chi connectivity index (χ1n) is 9.01. The molecule has 1 amide bonds. The smallest absolute Gasteiger partial charge is 0.257 e. The zero-order valence-corrected chi connectivity index (χ0v) is 17.2. The largest absolute Gasteiger partial charge is 0.484 e. The summed E-state index contributed by atoms with van der Waals surface area (Å²) in [6.07, 6.45) is 1.77. The molecule has 0 heterocycles. The molecule has 9 heteroatoms. The number of benzene rings is 2. The number of hydrogen-bond donors (Lipinski definition) is 1. The number of carbonyl (C=O) groups is 1. The minimum absolute atomic E-state index is 0.129. The maximum atomic E-state index is 13.9. The van der Waals surface area contributed by atoms with E-state index in [9.17, 15) is 17.6 Å². The van der Waals surface area contributed by atoms with Crippen LogP contribution in [0.3, 0.4) is 0 Å². The number of nitrogens with zero attached hydrogens (tertiary/aromatic N) is 1. The second kappa shape index (κ2) is 10.8. The van der Waals surface area contributed by atoms with E-state index in [1.165, 1.54) is 12.1 Å². The second-order valence-corrected chi connectivity index (χ2v) is 8.25. The second-order valence-electron chi connectivity index (χ2n) is 6.34. The van der Waals surface area contributed by atoms with Gasteiger partial charge in [0.25, 0.3) is 5.91 Å². The van der Waals surface area contributed by atoms with Crippen LogP contribution >= 0.6 is 0 Å². The summed E-state index contributed by atoms with van der Waals surface area (Å²) < 4.78 is 49.8. The van der Waals surface area contributed by atoms with E-state index in [-0.39, 0.29) is 24.6 Å². The Labute approximate surface area is 170 Å². The Morgan fingerprint density at radius 2 is 1.83 bits per heavy atom. The minimum atomic E-state index is -3.64. The zero-order valence-electron chi connectivity index (χ0n) is 16.4. The van der Waals surface area contributed by atoms with Crippen LogP contribution < -0.4 is 14.4 Å². The van der Waals surface area contributed by atoms with Gasteiger partial charge in [0.1, 0.15) is 11.6 Å². The van der Waals surface area contributed by atoms with Crippen molar-refractivity contribution >= 4 is 21.6 Å². The molecule has 7 nitrogen and oxygen atoms in total. The number of anilines is 1. The van der Waals surface area contributed by atoms with Crippen molar-refractivity contribution in [3.63, 3.8) is 0 Å². The Balaban J connectivity index is 2.00. The molecule has 2 aromatic rings. The maximum absolute atomic E-state index is 13.9. The first kappa shape index (κ1) is 22.6. The predicted octanol–water partition coefficient (Wildman–Crippen LogP) is 2.32. The van der Waals surface area contributed by atoms with Crippen LogP contribution in [-0.2, 0) is 26.1 Å². The summed E-state index contributed by atoms with van der Waals surface area (Å²) in [6, 6.07) is 12.2. The Hall–Kier alpha value is -2.65. The van der Waals surface area contributed by atoms with Gasteiger partial charge in [-0.2, -0.15) is 0 Å². The van der Waals surface area contributed by atoms with E-state index in [0.29, 0.717) is 31.0 Å². The monoisotopic (exact) mass is 424 g/mol. The third-order valence-electron chi connectivity index (χ3n) is 4.01. The molecule has 0 unspecified atom stereocenters. The van der Waals surface area contributed by atoms with Crippen molar-refractivity contribution in [3.8, 4) is 5.75 Å². The number of carbonyl (C=O) groups excluding carboxylic acids is 1. The number of amides is 1. The van der Waals surface area contributed by atoms with Gasteiger partial charge in [-0.05, 0) is 36.8 Å². The Morgan fingerprint density at radius 1 is 1.14 bits per heavy atom. The average molecular weight is 424 g/mol. The average Bonchev–Trinajstić information content (AvgIpc) is 2.69. The summed E-state index contributed by atoms with van der Waals surface area (Å²) >= 11 is 0. The molecule has 0 spiro atoms. The Morgan fingerprint density at radius 3 is 2.45 bits per heavy atom. The van der Waals surface area contributed by atoms with Gasteiger partial charge in [0.15, 0.2) is 6.61 Å². The van der Waals surface area contributed by atoms with Crippen molar-refractivity contribution in [1.29, 1.82) is 0 Å². The van der Waals surface area contributed by atoms with E-state index in [1.54, 1.807) is 43.5 Å². The van der Waals surface area contributed by atoms with Gasteiger partial charge in [-0.1, -0.05) is 18.2 Å². The van der Waals surface area contributed by atoms with Crippen LogP contribution in [0.2, 0.25) is 0 Å². The standard InChI is InChI=1S/C20H25FN2O5S/c1-27-13-5-12-22-20(24)15-28-18-10-8-17(9-11-18)23(29(2,25)26)14-16-6-3-4-7-19(16)21/h3-4,6-11H,5,12-15H2,1-2H3,(H,22,24). The Bertz CT molecular complexity index is 903. The molecule has 0 saturated heterocycles. The van der Waals surface area contributed by atoms with Crippen LogP contribution in [0.1, 0.15) is 12.0 Å². The number of nitrogens with one attached hydrogen (secondary N) is 1. The molecule has 29 heavy (non-hydrogen) atoms. The highest BCUT2D eigenvalue weighted by Crippen LogP contribution is 2.24. The van der Waals surface area contributed by atoms with E-state index in [1.807, 2.05) is 0 Å². The fourth-order valence-corrected chi connectivity index (χ4v) is 3.41. The lowest BCUT2D eigenvalue weighted by molar-refractivity contribution is -0.123. The normalized spacial score (nSPS) is 11.1. The van der Waals surface area contributed by atoms with Gasteiger partial charge < -0.3 is 14.8 Å². The highest BCUT2D eigenvalue weighted by molar-refractivity contribution is 7.92. The number of halogens is 1. The van der Waals surface area contributed by atoms with Crippen molar-refractivity contribution in [1.82, 2.24) is 5.32 Å². The molecule has 0 aliphatic heterocycles. The Kier molecular flexibility index (Phi) is 8.41. The summed E-state index contributed by atoms with van der Waals surface area (Å²) in [7, 11) is -2.04. The van der Waals surface area contributed by atoms with Gasteiger partial charge >= 0.3 is 0 Å². The van der Waals surface area contributed by atoms with Crippen LogP contribution in [0.15, 0.2) is 48.5 Å². The van der Waals surface area contributed by atoms with Crippen LogP contribution in [0.5, 0.6) is 5.75 Å². The van der Waals surface area contributed by atoms with Gasteiger partial charge in [-0.25, -0.2) is 12.8 Å². The van der Waals surface area contributed by atoms with Gasteiger partial charge in [0.05, 0.1) is 18.5 Å². The topological polar surface area (TPSA) is 84.9 Å². The summed E-state index contributed by atoms with van der Waals surface area (Å²) in [6.45, 7) is 0.771. The first-order valence-corrected chi connectivity index (χ1v) is 10.9. The van der Waals surface area contributed by atoms with Gasteiger partial charge in [-0.3, -0.25) is 9.10 Å². The third-order valence-corrected chi connectivity index (χ3v) is 5.15. The number of ether oxygens (including phenoxy) is 2. The molecule has 1 N–H and O–H groups in total. The summed E-state index contributed by atoms with van der Waals surface area (Å²) in [4.78, 5) is 11.7. The van der Waals surface area contributed by atoms with Gasteiger partial charge in [0.2, 0.25) is 10.0 Å².